The first-order valence-corrected chi connectivity index (χ1v) is 15.5. The van der Waals surface area contributed by atoms with Crippen LogP contribution in [0.4, 0.5) is 0 Å². The average Bonchev–Trinajstić information content (AvgIpc) is 2.99. The van der Waals surface area contributed by atoms with Crippen molar-refractivity contribution >= 4 is 23.8 Å². The second-order valence-electron chi connectivity index (χ2n) is 12.3. The summed E-state index contributed by atoms with van der Waals surface area (Å²) in [5.74, 6) is -0.489. The van der Waals surface area contributed by atoms with Gasteiger partial charge >= 0.3 is 0 Å². The van der Waals surface area contributed by atoms with Crippen molar-refractivity contribution in [1.29, 1.82) is 0 Å². The maximum Gasteiger partial charge on any atom is 0.246 e. The molecule has 4 rings (SSSR count). The van der Waals surface area contributed by atoms with Crippen molar-refractivity contribution in [2.45, 2.75) is 76.1 Å². The normalized spacial score (nSPS) is 23.5. The smallest absolute Gasteiger partial charge is 0.246 e. The van der Waals surface area contributed by atoms with Gasteiger partial charge in [-0.05, 0) is 56.4 Å². The van der Waals surface area contributed by atoms with Gasteiger partial charge < -0.3 is 35.8 Å². The van der Waals surface area contributed by atoms with E-state index in [0.29, 0.717) is 18.9 Å². The predicted molar refractivity (Wildman–Crippen MR) is 169 cm³/mol. The fourth-order valence-electron chi connectivity index (χ4n) is 6.16. The summed E-state index contributed by atoms with van der Waals surface area (Å²) in [5.41, 5.74) is -0.0380. The van der Waals surface area contributed by atoms with E-state index in [-0.39, 0.29) is 30.5 Å². The Morgan fingerprint density at radius 2 is 1.68 bits per heavy atom. The van der Waals surface area contributed by atoms with Gasteiger partial charge in [-0.3, -0.25) is 14.4 Å². The third-order valence-electron chi connectivity index (χ3n) is 8.38. The van der Waals surface area contributed by atoms with E-state index in [1.54, 1.807) is 12.1 Å². The van der Waals surface area contributed by atoms with E-state index in [1.165, 1.54) is 37.9 Å². The maximum absolute atomic E-state index is 14.1. The monoisotopic (exact) mass is 606 g/mol. The van der Waals surface area contributed by atoms with Gasteiger partial charge in [-0.1, -0.05) is 61.7 Å². The zero-order chi connectivity index (χ0) is 31.7. The number of benzene rings is 2. The van der Waals surface area contributed by atoms with Crippen LogP contribution in [0.1, 0.15) is 57.1 Å². The van der Waals surface area contributed by atoms with Crippen LogP contribution in [0.25, 0.3) is 6.08 Å². The Bertz CT molecular complexity index is 1300. The van der Waals surface area contributed by atoms with E-state index in [0.717, 1.165) is 43.2 Å². The van der Waals surface area contributed by atoms with Crippen molar-refractivity contribution in [1.82, 2.24) is 20.9 Å². The van der Waals surface area contributed by atoms with E-state index >= 15 is 0 Å². The number of fused-ring (bicyclic) bond motifs is 1. The lowest BCUT2D eigenvalue weighted by Gasteiger charge is -2.40. The van der Waals surface area contributed by atoms with E-state index in [9.17, 15) is 24.6 Å². The SMILES string of the molecule is CN1C(=O)[C@H](C2CCCCC2)NCCOc2ccccc2C=CCNC(=O)[C@@H](Cc2ccc(O)cc2)NC(=O)[C@@H]1C(C)(C)O. The van der Waals surface area contributed by atoms with E-state index in [4.69, 9.17) is 4.74 Å². The van der Waals surface area contributed by atoms with Gasteiger partial charge in [0.2, 0.25) is 17.7 Å². The zero-order valence-electron chi connectivity index (χ0n) is 25.9. The molecule has 1 heterocycles. The minimum Gasteiger partial charge on any atom is -0.508 e. The van der Waals surface area contributed by atoms with Gasteiger partial charge in [0.15, 0.2) is 0 Å². The highest BCUT2D eigenvalue weighted by molar-refractivity contribution is 5.94. The summed E-state index contributed by atoms with van der Waals surface area (Å²) in [5, 5.41) is 30.0. The number of rotatable bonds is 4. The fraction of sp³-hybridized carbons (Fsp3) is 0.500. The van der Waals surface area contributed by atoms with E-state index in [1.807, 2.05) is 36.4 Å². The summed E-state index contributed by atoms with van der Waals surface area (Å²) in [6.45, 7) is 3.93. The summed E-state index contributed by atoms with van der Waals surface area (Å²) in [7, 11) is 1.53. The van der Waals surface area contributed by atoms with Crippen LogP contribution < -0.4 is 20.7 Å². The van der Waals surface area contributed by atoms with Crippen molar-refractivity contribution in [2.24, 2.45) is 5.92 Å². The summed E-state index contributed by atoms with van der Waals surface area (Å²) in [6.07, 6.45) is 8.78. The largest absolute Gasteiger partial charge is 0.508 e. The molecule has 1 saturated carbocycles. The van der Waals surface area contributed by atoms with E-state index < -0.39 is 35.5 Å². The van der Waals surface area contributed by atoms with Crippen LogP contribution in [-0.4, -0.2) is 83.3 Å². The van der Waals surface area contributed by atoms with Crippen LogP contribution in [0.15, 0.2) is 54.6 Å². The number of aliphatic hydroxyl groups is 1. The topological polar surface area (TPSA) is 140 Å². The quantitative estimate of drug-likeness (QED) is 0.361. The Morgan fingerprint density at radius 3 is 2.39 bits per heavy atom. The third-order valence-corrected chi connectivity index (χ3v) is 8.38. The van der Waals surface area contributed by atoms with Gasteiger partial charge in [0, 0.05) is 32.1 Å². The lowest BCUT2D eigenvalue weighted by molar-refractivity contribution is -0.151. The van der Waals surface area contributed by atoms with Crippen LogP contribution in [0.5, 0.6) is 11.5 Å². The first kappa shape index (κ1) is 33.0. The molecule has 44 heavy (non-hydrogen) atoms. The number of aromatic hydroxyl groups is 1. The highest BCUT2D eigenvalue weighted by atomic mass is 16.5. The molecular weight excluding hydrogens is 560 g/mol. The van der Waals surface area contributed by atoms with Gasteiger partial charge in [0.25, 0.3) is 0 Å². The van der Waals surface area contributed by atoms with Gasteiger partial charge in [0.1, 0.15) is 30.2 Å². The molecule has 2 aromatic carbocycles. The standard InChI is InChI=1S/C34H46N4O6/c1-34(2,43)30-32(41)37-27(22-23-15-17-26(39)18-16-23)31(40)36-19-9-13-24-10-7-8-14-28(24)44-21-20-35-29(33(42)38(30)3)25-11-5-4-6-12-25/h7-10,13-18,25,27,29-30,35,39,43H,4-6,11-12,19-22H2,1-3H3,(H,36,40)(H,37,41)/t27-,29+,30-/m1/s1. The molecule has 0 aromatic heterocycles. The van der Waals surface area contributed by atoms with Gasteiger partial charge in [-0.25, -0.2) is 0 Å². The predicted octanol–water partition coefficient (Wildman–Crippen LogP) is 2.78. The number of carbonyl (C=O) groups is 3. The molecule has 10 nitrogen and oxygen atoms in total. The summed E-state index contributed by atoms with van der Waals surface area (Å²) >= 11 is 0. The van der Waals surface area contributed by atoms with Crippen LogP contribution in [-0.2, 0) is 20.8 Å². The number of nitrogens with one attached hydrogen (secondary N) is 3. The van der Waals surface area contributed by atoms with Gasteiger partial charge in [-0.15, -0.1) is 0 Å². The first-order valence-electron chi connectivity index (χ1n) is 15.5. The van der Waals surface area contributed by atoms with Crippen molar-refractivity contribution < 1.29 is 29.3 Å². The minimum atomic E-state index is -1.61. The molecule has 0 bridgehead atoms. The lowest BCUT2D eigenvalue weighted by atomic mass is 9.82. The first-order chi connectivity index (χ1) is 21.0. The number of hydrogen-bond donors (Lipinski definition) is 5. The van der Waals surface area contributed by atoms with Gasteiger partial charge in [-0.2, -0.15) is 0 Å². The molecule has 3 amide bonds. The highest BCUT2D eigenvalue weighted by Crippen LogP contribution is 2.29. The third kappa shape index (κ3) is 8.83. The van der Waals surface area contributed by atoms with Crippen molar-refractivity contribution in [3.05, 3.63) is 65.7 Å². The molecule has 0 saturated heterocycles. The Labute approximate surface area is 259 Å². The molecule has 2 aromatic rings. The molecule has 1 aliphatic carbocycles. The Kier molecular flexibility index (Phi) is 11.4. The van der Waals surface area contributed by atoms with E-state index in [2.05, 4.69) is 16.0 Å². The molecule has 5 N–H and O–H groups in total. The number of phenols is 1. The molecule has 0 radical (unpaired) electrons. The van der Waals surface area contributed by atoms with Crippen molar-refractivity contribution in [3.63, 3.8) is 0 Å². The Hall–Kier alpha value is -3.89. The number of ether oxygens (including phenoxy) is 1. The Morgan fingerprint density at radius 1 is 0.977 bits per heavy atom. The second kappa shape index (κ2) is 15.2. The number of para-hydroxylation sites is 1. The van der Waals surface area contributed by atoms with Crippen molar-refractivity contribution in [3.8, 4) is 11.5 Å². The highest BCUT2D eigenvalue weighted by Gasteiger charge is 2.43. The zero-order valence-corrected chi connectivity index (χ0v) is 25.9. The number of hydrogen-bond acceptors (Lipinski definition) is 7. The number of phenolic OH excluding ortho intramolecular Hbond substituents is 1. The Balaban J connectivity index is 1.68. The molecule has 1 fully saturated rings. The van der Waals surface area contributed by atoms with Crippen LogP contribution >= 0.6 is 0 Å². The molecule has 238 valence electrons. The minimum absolute atomic E-state index is 0.0815. The fourth-order valence-corrected chi connectivity index (χ4v) is 6.16. The molecule has 10 heteroatoms. The second-order valence-corrected chi connectivity index (χ2v) is 12.3. The molecule has 1 aliphatic heterocycles. The van der Waals surface area contributed by atoms with Crippen LogP contribution in [0.2, 0.25) is 0 Å². The van der Waals surface area contributed by atoms with Crippen LogP contribution in [0, 0.1) is 5.92 Å². The lowest BCUT2D eigenvalue weighted by Crippen LogP contribution is -2.64. The molecule has 0 unspecified atom stereocenters. The maximum atomic E-state index is 14.1. The molecular formula is C34H46N4O6. The van der Waals surface area contributed by atoms with Gasteiger partial charge in [0.05, 0.1) is 11.6 Å². The summed E-state index contributed by atoms with van der Waals surface area (Å²) < 4.78 is 6.09. The molecule has 0 spiro atoms. The van der Waals surface area contributed by atoms with Crippen molar-refractivity contribution in [2.75, 3.05) is 26.7 Å². The summed E-state index contributed by atoms with van der Waals surface area (Å²) in [6, 6.07) is 11.2. The number of amides is 3. The number of likely N-dealkylation sites (N-methyl/N-ethyl adjacent to an activating group) is 1. The van der Waals surface area contributed by atoms with Crippen LogP contribution in [0.3, 0.4) is 0 Å². The average molecular weight is 607 g/mol. The summed E-state index contributed by atoms with van der Waals surface area (Å²) in [4.78, 5) is 42.8. The number of carbonyl (C=O) groups excluding carboxylic acids is 3. The molecule has 2 aliphatic rings. The number of nitrogens with zero attached hydrogens (tertiary/aromatic N) is 1. The molecule has 3 atom stereocenters.